The van der Waals surface area contributed by atoms with Crippen molar-refractivity contribution < 1.29 is 14.9 Å². The Labute approximate surface area is 70.2 Å². The Hall–Kier alpha value is -0.0900. The molecule has 4 atom stereocenters. The van der Waals surface area contributed by atoms with Gasteiger partial charge in [-0.3, -0.25) is 0 Å². The van der Waals surface area contributed by atoms with Crippen LogP contribution in [0.4, 0.5) is 0 Å². The zero-order valence-corrected chi connectivity index (χ0v) is 6.48. The third-order valence-electron chi connectivity index (χ3n) is 1.60. The summed E-state index contributed by atoms with van der Waals surface area (Å²) in [6, 6.07) is 0. The van der Waals surface area contributed by atoms with Crippen molar-refractivity contribution in [1.82, 2.24) is 0 Å². The van der Waals surface area contributed by atoms with E-state index in [-0.39, 0.29) is 0 Å². The Balaban J connectivity index is 2.59. The van der Waals surface area contributed by atoms with Crippen LogP contribution in [-0.2, 0) is 4.74 Å². The second-order valence-electron chi connectivity index (χ2n) is 2.36. The van der Waals surface area contributed by atoms with Crippen LogP contribution in [0, 0.1) is 6.92 Å². The molecule has 3 nitrogen and oxygen atoms in total. The van der Waals surface area contributed by atoms with Crippen LogP contribution in [0.5, 0.6) is 0 Å². The van der Waals surface area contributed by atoms with Crippen molar-refractivity contribution in [2.45, 2.75) is 24.4 Å². The summed E-state index contributed by atoms with van der Waals surface area (Å²) in [5.74, 6) is 0. The predicted molar refractivity (Wildman–Crippen MR) is 40.0 cm³/mol. The maximum Gasteiger partial charge on any atom is 0.112 e. The van der Waals surface area contributed by atoms with Gasteiger partial charge in [-0.25, -0.2) is 0 Å². The Morgan fingerprint density at radius 2 is 2.00 bits per heavy atom. The topological polar surface area (TPSA) is 49.7 Å². The molecule has 0 aromatic rings. The van der Waals surface area contributed by atoms with Gasteiger partial charge in [-0.15, -0.1) is 0 Å². The summed E-state index contributed by atoms with van der Waals surface area (Å²) in [4.78, 5) is 0. The predicted octanol–water partition coefficient (Wildman–Crippen LogP) is -0.0608. The number of hydrogen-bond donors (Lipinski definition) is 2. The minimum absolute atomic E-state index is 0.600. The molecule has 0 aromatic heterocycles. The average molecular weight is 177 g/mol. The van der Waals surface area contributed by atoms with Crippen LogP contribution in [0.25, 0.3) is 0 Å². The summed E-state index contributed by atoms with van der Waals surface area (Å²) in [6.45, 7) is 5.28. The first-order valence-corrected chi connectivity index (χ1v) is 3.64. The van der Waals surface area contributed by atoms with Crippen molar-refractivity contribution in [3.8, 4) is 0 Å². The Kier molecular flexibility index (Phi) is 2.90. The van der Waals surface area contributed by atoms with Gasteiger partial charge in [-0.1, -0.05) is 11.6 Å². The van der Waals surface area contributed by atoms with E-state index in [4.69, 9.17) is 28.4 Å². The van der Waals surface area contributed by atoms with E-state index in [1.54, 1.807) is 0 Å². The standard InChI is InChI=1S/C7H9ClO3/c1-4-6(9)7(10)5(11-4)2-3-8/h1-7,9-10H/b3-2-/t4-,5+,6?,7-/m0/s1. The van der Waals surface area contributed by atoms with Gasteiger partial charge < -0.3 is 14.9 Å². The third kappa shape index (κ3) is 1.73. The fraction of sp³-hybridized carbons (Fsp3) is 0.571. The van der Waals surface area contributed by atoms with E-state index in [0.29, 0.717) is 0 Å². The first-order valence-electron chi connectivity index (χ1n) is 3.21. The van der Waals surface area contributed by atoms with Gasteiger partial charge in [0, 0.05) is 5.54 Å². The normalized spacial score (nSPS) is 45.5. The van der Waals surface area contributed by atoms with Gasteiger partial charge in [0.2, 0.25) is 0 Å². The molecule has 0 amide bonds. The smallest absolute Gasteiger partial charge is 0.112 e. The van der Waals surface area contributed by atoms with Gasteiger partial charge in [-0.05, 0) is 13.0 Å². The third-order valence-corrected chi connectivity index (χ3v) is 1.75. The lowest BCUT2D eigenvalue weighted by molar-refractivity contribution is 0.0391. The summed E-state index contributed by atoms with van der Waals surface area (Å²) in [6.07, 6.45) is -2.02. The van der Waals surface area contributed by atoms with Crippen LogP contribution in [0.1, 0.15) is 0 Å². The highest BCUT2D eigenvalue weighted by atomic mass is 35.5. The minimum atomic E-state index is -1.03. The maximum atomic E-state index is 9.19. The van der Waals surface area contributed by atoms with Crippen molar-refractivity contribution in [3.63, 3.8) is 0 Å². The Bertz CT molecular complexity index is 160. The number of hydrogen-bond acceptors (Lipinski definition) is 3. The van der Waals surface area contributed by atoms with E-state index in [2.05, 4.69) is 0 Å². The second kappa shape index (κ2) is 3.54. The van der Waals surface area contributed by atoms with Crippen molar-refractivity contribution in [2.24, 2.45) is 0 Å². The van der Waals surface area contributed by atoms with E-state index >= 15 is 0 Å². The first kappa shape index (κ1) is 9.00. The molecule has 0 saturated carbocycles. The van der Waals surface area contributed by atoms with Crippen molar-refractivity contribution in [2.75, 3.05) is 0 Å². The highest BCUT2D eigenvalue weighted by Gasteiger charge is 2.38. The maximum absolute atomic E-state index is 9.19. The highest BCUT2D eigenvalue weighted by molar-refractivity contribution is 6.25. The van der Waals surface area contributed by atoms with Gasteiger partial charge >= 0.3 is 0 Å². The molecule has 0 spiro atoms. The SMILES string of the molecule is [CH][C@@H]1O[C@H](/C=C\Cl)[C@H](O)C1O. The zero-order chi connectivity index (χ0) is 8.43. The molecule has 1 unspecified atom stereocenters. The van der Waals surface area contributed by atoms with Crippen LogP contribution in [-0.4, -0.2) is 34.6 Å². The van der Waals surface area contributed by atoms with E-state index in [0.717, 1.165) is 0 Å². The molecule has 1 saturated heterocycles. The lowest BCUT2D eigenvalue weighted by Gasteiger charge is -2.09. The average Bonchev–Trinajstić information content (AvgIpc) is 2.19. The summed E-state index contributed by atoms with van der Waals surface area (Å²) in [5.41, 5.74) is 1.22. The second-order valence-corrected chi connectivity index (χ2v) is 2.62. The molecule has 1 aliphatic rings. The highest BCUT2D eigenvalue weighted by Crippen LogP contribution is 2.21. The van der Waals surface area contributed by atoms with Gasteiger partial charge in [0.25, 0.3) is 0 Å². The van der Waals surface area contributed by atoms with Gasteiger partial charge in [0.1, 0.15) is 18.3 Å². The molecule has 62 valence electrons. The van der Waals surface area contributed by atoms with Crippen molar-refractivity contribution >= 4 is 11.6 Å². The summed E-state index contributed by atoms with van der Waals surface area (Å²) in [5, 5.41) is 18.3. The lowest BCUT2D eigenvalue weighted by Crippen LogP contribution is -2.30. The number of aliphatic hydroxyl groups excluding tert-OH is 2. The van der Waals surface area contributed by atoms with E-state index in [1.807, 2.05) is 0 Å². The van der Waals surface area contributed by atoms with Crippen LogP contribution < -0.4 is 0 Å². The van der Waals surface area contributed by atoms with Gasteiger partial charge in [0.05, 0.1) is 6.10 Å². The van der Waals surface area contributed by atoms with Gasteiger partial charge in [0.15, 0.2) is 0 Å². The molecule has 1 rings (SSSR count). The molecular formula is C7H9ClO3. The van der Waals surface area contributed by atoms with Crippen LogP contribution in [0.2, 0.25) is 0 Å². The molecule has 0 aliphatic carbocycles. The molecule has 11 heavy (non-hydrogen) atoms. The van der Waals surface area contributed by atoms with Crippen LogP contribution in [0.15, 0.2) is 11.6 Å². The molecule has 2 N–H and O–H groups in total. The molecule has 1 heterocycles. The van der Waals surface area contributed by atoms with Crippen molar-refractivity contribution in [1.29, 1.82) is 0 Å². The molecule has 1 aliphatic heterocycles. The summed E-state index contributed by atoms with van der Waals surface area (Å²) < 4.78 is 4.93. The molecule has 2 radical (unpaired) electrons. The monoisotopic (exact) mass is 176 g/mol. The quantitative estimate of drug-likeness (QED) is 0.589. The van der Waals surface area contributed by atoms with Gasteiger partial charge in [-0.2, -0.15) is 0 Å². The first-order chi connectivity index (χ1) is 5.16. The molecule has 4 heteroatoms. The lowest BCUT2D eigenvalue weighted by atomic mass is 10.1. The van der Waals surface area contributed by atoms with Crippen LogP contribution in [0.3, 0.4) is 0 Å². The molecule has 0 aromatic carbocycles. The fourth-order valence-electron chi connectivity index (χ4n) is 0.962. The largest absolute Gasteiger partial charge is 0.388 e. The molecular weight excluding hydrogens is 168 g/mol. The van der Waals surface area contributed by atoms with E-state index < -0.39 is 24.4 Å². The summed E-state index contributed by atoms with van der Waals surface area (Å²) >= 11 is 5.25. The van der Waals surface area contributed by atoms with E-state index in [1.165, 1.54) is 11.6 Å². The zero-order valence-electron chi connectivity index (χ0n) is 5.72. The minimum Gasteiger partial charge on any atom is -0.388 e. The number of ether oxygens (including phenoxy) is 1. The van der Waals surface area contributed by atoms with Crippen LogP contribution >= 0.6 is 11.6 Å². The Morgan fingerprint density at radius 1 is 1.36 bits per heavy atom. The summed E-state index contributed by atoms with van der Waals surface area (Å²) in [7, 11) is 0. The number of rotatable bonds is 1. The number of halogens is 1. The number of aliphatic hydroxyl groups is 2. The van der Waals surface area contributed by atoms with E-state index in [9.17, 15) is 5.11 Å². The van der Waals surface area contributed by atoms with Crippen molar-refractivity contribution in [3.05, 3.63) is 18.5 Å². The molecule has 1 fully saturated rings. The fourth-order valence-corrected chi connectivity index (χ4v) is 1.11. The Morgan fingerprint density at radius 3 is 2.36 bits per heavy atom. The molecule has 0 bridgehead atoms.